The topological polar surface area (TPSA) is 72.8 Å². The number of hydrogen-bond acceptors (Lipinski definition) is 4. The molecular formula is C21H37F3N6O2. The lowest BCUT2D eigenvalue weighted by Crippen LogP contribution is -2.51. The van der Waals surface area contributed by atoms with Crippen LogP contribution in [0.5, 0.6) is 0 Å². The van der Waals surface area contributed by atoms with Gasteiger partial charge in [-0.25, -0.2) is 14.8 Å². The van der Waals surface area contributed by atoms with Crippen molar-refractivity contribution in [3.8, 4) is 0 Å². The monoisotopic (exact) mass is 462 g/mol. The number of hydrogen-bond donors (Lipinski definition) is 1. The SMILES string of the molecule is CC(=NC(=NC1CCN(C)CC1)NC(C)C(F)(F)F)N1CCN(C(=O)OC(C)(C)C)CC1. The molecule has 0 bridgehead atoms. The van der Waals surface area contributed by atoms with E-state index in [1.807, 2.05) is 32.7 Å². The van der Waals surface area contributed by atoms with Crippen LogP contribution in [0, 0.1) is 0 Å². The molecule has 11 heteroatoms. The number of guanidine groups is 1. The van der Waals surface area contributed by atoms with Crippen molar-refractivity contribution in [2.75, 3.05) is 46.3 Å². The molecule has 32 heavy (non-hydrogen) atoms. The van der Waals surface area contributed by atoms with E-state index in [4.69, 9.17) is 4.74 Å². The largest absolute Gasteiger partial charge is 0.444 e. The summed E-state index contributed by atoms with van der Waals surface area (Å²) in [5.74, 6) is 0.582. The summed E-state index contributed by atoms with van der Waals surface area (Å²) in [4.78, 5) is 27.0. The van der Waals surface area contributed by atoms with Crippen LogP contribution in [-0.4, -0.2) is 103 Å². The summed E-state index contributed by atoms with van der Waals surface area (Å²) in [6, 6.07) is -1.82. The predicted molar refractivity (Wildman–Crippen MR) is 119 cm³/mol. The molecule has 2 fully saturated rings. The average Bonchev–Trinajstić information content (AvgIpc) is 2.67. The number of nitrogens with zero attached hydrogens (tertiary/aromatic N) is 5. The average molecular weight is 463 g/mol. The fourth-order valence-electron chi connectivity index (χ4n) is 3.43. The van der Waals surface area contributed by atoms with Crippen molar-refractivity contribution >= 4 is 17.9 Å². The minimum absolute atomic E-state index is 0.0106. The van der Waals surface area contributed by atoms with Crippen molar-refractivity contribution in [3.63, 3.8) is 0 Å². The van der Waals surface area contributed by atoms with Crippen LogP contribution in [0.3, 0.4) is 0 Å². The zero-order valence-corrected chi connectivity index (χ0v) is 20.0. The normalized spacial score (nSPS) is 21.5. The second kappa shape index (κ2) is 10.7. The third kappa shape index (κ3) is 8.48. The van der Waals surface area contributed by atoms with Gasteiger partial charge in [0, 0.05) is 26.2 Å². The molecule has 1 atom stereocenters. The number of piperazine rings is 1. The number of likely N-dealkylation sites (tertiary alicyclic amines) is 1. The molecule has 1 N–H and O–H groups in total. The predicted octanol–water partition coefficient (Wildman–Crippen LogP) is 2.95. The molecule has 8 nitrogen and oxygen atoms in total. The summed E-state index contributed by atoms with van der Waals surface area (Å²) in [5, 5.41) is 2.45. The van der Waals surface area contributed by atoms with Gasteiger partial charge >= 0.3 is 12.3 Å². The number of amidine groups is 1. The first-order valence-electron chi connectivity index (χ1n) is 11.1. The van der Waals surface area contributed by atoms with E-state index in [1.54, 1.807) is 11.8 Å². The lowest BCUT2D eigenvalue weighted by Gasteiger charge is -2.36. The Morgan fingerprint density at radius 1 is 1.03 bits per heavy atom. The van der Waals surface area contributed by atoms with E-state index >= 15 is 0 Å². The van der Waals surface area contributed by atoms with Crippen LogP contribution in [0.4, 0.5) is 18.0 Å². The number of rotatable bonds is 2. The van der Waals surface area contributed by atoms with Crippen molar-refractivity contribution < 1.29 is 22.7 Å². The first-order chi connectivity index (χ1) is 14.7. The Morgan fingerprint density at radius 2 is 1.56 bits per heavy atom. The van der Waals surface area contributed by atoms with Crippen LogP contribution >= 0.6 is 0 Å². The first-order valence-corrected chi connectivity index (χ1v) is 11.1. The van der Waals surface area contributed by atoms with Gasteiger partial charge in [0.2, 0.25) is 5.96 Å². The summed E-state index contributed by atoms with van der Waals surface area (Å²) in [5.41, 5.74) is -0.564. The second-order valence-corrected chi connectivity index (χ2v) is 9.51. The lowest BCUT2D eigenvalue weighted by atomic mass is 10.1. The number of aliphatic imine (C=N–C) groups is 2. The van der Waals surface area contributed by atoms with Crippen LogP contribution in [0.1, 0.15) is 47.5 Å². The highest BCUT2D eigenvalue weighted by Gasteiger charge is 2.37. The van der Waals surface area contributed by atoms with E-state index < -0.39 is 17.8 Å². The molecular weight excluding hydrogens is 425 g/mol. The smallest absolute Gasteiger partial charge is 0.410 e. The molecule has 1 amide bonds. The standard InChI is InChI=1S/C21H37F3N6O2/c1-15(21(22,23)24)25-18(27-17-7-9-28(6)10-8-17)26-16(2)29-11-13-30(14-12-29)19(31)32-20(3,4)5/h15,17H,7-14H2,1-6H3,(H,25,27). The van der Waals surface area contributed by atoms with Gasteiger partial charge in [0.05, 0.1) is 6.04 Å². The molecule has 2 heterocycles. The third-order valence-corrected chi connectivity index (χ3v) is 5.49. The maximum atomic E-state index is 13.1. The zero-order chi connectivity index (χ0) is 24.1. The van der Waals surface area contributed by atoms with Crippen LogP contribution in [0.15, 0.2) is 9.98 Å². The van der Waals surface area contributed by atoms with E-state index in [1.165, 1.54) is 0 Å². The Balaban J connectivity index is 2.06. The highest BCUT2D eigenvalue weighted by atomic mass is 19.4. The summed E-state index contributed by atoms with van der Waals surface area (Å²) in [6.45, 7) is 11.9. The Morgan fingerprint density at radius 3 is 2.06 bits per heavy atom. The number of amides is 1. The number of carbonyl (C=O) groups excluding carboxylic acids is 1. The molecule has 0 aromatic carbocycles. The summed E-state index contributed by atoms with van der Waals surface area (Å²) < 4.78 is 44.8. The van der Waals surface area contributed by atoms with Crippen molar-refractivity contribution in [2.45, 2.75) is 71.3 Å². The quantitative estimate of drug-likeness (QED) is 0.505. The fraction of sp³-hybridized carbons (Fsp3) is 0.857. The lowest BCUT2D eigenvalue weighted by molar-refractivity contribution is -0.147. The van der Waals surface area contributed by atoms with Crippen LogP contribution in [0.25, 0.3) is 0 Å². The molecule has 2 aliphatic heterocycles. The van der Waals surface area contributed by atoms with Gasteiger partial charge < -0.3 is 24.8 Å². The molecule has 0 aliphatic carbocycles. The van der Waals surface area contributed by atoms with Gasteiger partial charge in [0.1, 0.15) is 17.5 Å². The minimum Gasteiger partial charge on any atom is -0.444 e. The van der Waals surface area contributed by atoms with Gasteiger partial charge in [-0.3, -0.25) is 0 Å². The Labute approximate surface area is 188 Å². The summed E-state index contributed by atoms with van der Waals surface area (Å²) in [6.07, 6.45) is -3.19. The second-order valence-electron chi connectivity index (χ2n) is 9.51. The molecule has 0 spiro atoms. The Kier molecular flexibility index (Phi) is 8.78. The number of halogens is 3. The number of piperidine rings is 1. The maximum absolute atomic E-state index is 13.1. The highest BCUT2D eigenvalue weighted by Crippen LogP contribution is 2.20. The van der Waals surface area contributed by atoms with Crippen molar-refractivity contribution in [1.29, 1.82) is 0 Å². The van der Waals surface area contributed by atoms with Gasteiger partial charge in [-0.05, 0) is 67.6 Å². The van der Waals surface area contributed by atoms with E-state index in [2.05, 4.69) is 20.2 Å². The van der Waals surface area contributed by atoms with Gasteiger partial charge in [-0.2, -0.15) is 13.2 Å². The molecule has 0 aromatic rings. The fourth-order valence-corrected chi connectivity index (χ4v) is 3.43. The Hall–Kier alpha value is -2.04. The maximum Gasteiger partial charge on any atom is 0.410 e. The van der Waals surface area contributed by atoms with E-state index in [0.29, 0.717) is 32.0 Å². The van der Waals surface area contributed by atoms with Crippen LogP contribution < -0.4 is 5.32 Å². The molecule has 1 unspecified atom stereocenters. The third-order valence-electron chi connectivity index (χ3n) is 5.49. The summed E-state index contributed by atoms with van der Waals surface area (Å²) in [7, 11) is 2.02. The van der Waals surface area contributed by atoms with Gasteiger partial charge in [0.15, 0.2) is 0 Å². The molecule has 2 aliphatic rings. The van der Waals surface area contributed by atoms with Crippen LogP contribution in [-0.2, 0) is 4.74 Å². The number of nitrogens with one attached hydrogen (secondary N) is 1. The minimum atomic E-state index is -4.39. The molecule has 0 radical (unpaired) electrons. The molecule has 2 rings (SSSR count). The first kappa shape index (κ1) is 26.2. The van der Waals surface area contributed by atoms with E-state index in [9.17, 15) is 18.0 Å². The molecule has 0 aromatic heterocycles. The number of carbonyl (C=O) groups is 1. The molecule has 184 valence electrons. The van der Waals surface area contributed by atoms with E-state index in [-0.39, 0.29) is 18.1 Å². The van der Waals surface area contributed by atoms with Crippen LogP contribution in [0.2, 0.25) is 0 Å². The zero-order valence-electron chi connectivity index (χ0n) is 20.0. The Bertz CT molecular complexity index is 689. The van der Waals surface area contributed by atoms with Crippen molar-refractivity contribution in [1.82, 2.24) is 20.0 Å². The van der Waals surface area contributed by atoms with Crippen molar-refractivity contribution in [2.24, 2.45) is 9.98 Å². The van der Waals surface area contributed by atoms with Gasteiger partial charge in [-0.15, -0.1) is 0 Å². The summed E-state index contributed by atoms with van der Waals surface area (Å²) >= 11 is 0. The van der Waals surface area contributed by atoms with Gasteiger partial charge in [0.25, 0.3) is 0 Å². The highest BCUT2D eigenvalue weighted by molar-refractivity contribution is 5.95. The molecule has 0 saturated carbocycles. The number of alkyl halides is 3. The van der Waals surface area contributed by atoms with Crippen molar-refractivity contribution in [3.05, 3.63) is 0 Å². The van der Waals surface area contributed by atoms with Gasteiger partial charge in [-0.1, -0.05) is 0 Å². The molecule has 2 saturated heterocycles. The number of ether oxygens (including phenoxy) is 1. The van der Waals surface area contributed by atoms with E-state index in [0.717, 1.165) is 32.9 Å².